The number of rotatable bonds is 3. The molecule has 0 aromatic rings. The lowest BCUT2D eigenvalue weighted by molar-refractivity contribution is -0.256. The molecule has 8 unspecified atom stereocenters. The van der Waals surface area contributed by atoms with E-state index in [0.717, 1.165) is 25.7 Å². The topological polar surface area (TPSA) is 125 Å². The molecule has 0 aromatic carbocycles. The summed E-state index contributed by atoms with van der Waals surface area (Å²) in [6.45, 7) is 6.55. The van der Waals surface area contributed by atoms with E-state index in [9.17, 15) is 22.8 Å². The molecule has 1 aliphatic heterocycles. The fourth-order valence-corrected chi connectivity index (χ4v) is 10.4. The summed E-state index contributed by atoms with van der Waals surface area (Å²) in [4.78, 5) is 36.8. The minimum absolute atomic E-state index is 0.0285. The van der Waals surface area contributed by atoms with Crippen LogP contribution in [0.1, 0.15) is 79.1 Å². The first-order valence-corrected chi connectivity index (χ1v) is 14.3. The van der Waals surface area contributed by atoms with Crippen molar-refractivity contribution in [3.05, 3.63) is 0 Å². The maximum absolute atomic E-state index is 12.9. The number of nitrogens with one attached hydrogen (secondary N) is 1. The summed E-state index contributed by atoms with van der Waals surface area (Å²) in [7, 11) is -4.06. The molecule has 4 saturated carbocycles. The average Bonchev–Trinajstić information content (AvgIpc) is 3.07. The molecule has 5 fully saturated rings. The SMILES string of the molecule is CC(=O)OC1CCC23COS(=O)(=O)N[C@@H](CC4C5CCC(C(C)=O)C5(C)CCC42)C3(OC(C)=O)C1. The van der Waals surface area contributed by atoms with Gasteiger partial charge in [0.15, 0.2) is 0 Å². The van der Waals surface area contributed by atoms with E-state index in [0.29, 0.717) is 25.2 Å². The Morgan fingerprint density at radius 3 is 2.37 bits per heavy atom. The Hall–Kier alpha value is -1.52. The quantitative estimate of drug-likeness (QED) is 0.574. The third-order valence-electron chi connectivity index (χ3n) is 10.4. The summed E-state index contributed by atoms with van der Waals surface area (Å²) in [5.41, 5.74) is -2.01. The van der Waals surface area contributed by atoms with Gasteiger partial charge in [0.1, 0.15) is 17.5 Å². The first-order chi connectivity index (χ1) is 16.3. The number of hydrogen-bond acceptors (Lipinski definition) is 8. The number of esters is 2. The van der Waals surface area contributed by atoms with Crippen LogP contribution in [-0.2, 0) is 38.3 Å². The number of carbonyl (C=O) groups is 3. The van der Waals surface area contributed by atoms with Crippen LogP contribution in [0.25, 0.3) is 0 Å². The van der Waals surface area contributed by atoms with Gasteiger partial charge in [0.2, 0.25) is 0 Å². The number of carbonyl (C=O) groups excluding carboxylic acids is 3. The number of Topliss-reactive ketones (excluding diaryl/α,β-unsaturated/α-hetero) is 1. The van der Waals surface area contributed by atoms with Gasteiger partial charge in [-0.15, -0.1) is 0 Å². The molecule has 0 aromatic heterocycles. The van der Waals surface area contributed by atoms with E-state index in [1.165, 1.54) is 13.8 Å². The summed E-state index contributed by atoms with van der Waals surface area (Å²) in [5.74, 6) is -0.0798. The molecule has 4 aliphatic carbocycles. The van der Waals surface area contributed by atoms with Crippen molar-refractivity contribution >= 4 is 28.0 Å². The highest BCUT2D eigenvalue weighted by molar-refractivity contribution is 7.84. The fourth-order valence-electron chi connectivity index (χ4n) is 9.34. The molecule has 10 heteroatoms. The predicted molar refractivity (Wildman–Crippen MR) is 124 cm³/mol. The van der Waals surface area contributed by atoms with Gasteiger partial charge in [-0.05, 0) is 75.0 Å². The zero-order valence-corrected chi connectivity index (χ0v) is 21.8. The summed E-state index contributed by atoms with van der Waals surface area (Å²) in [5, 5.41) is 0. The van der Waals surface area contributed by atoms with Gasteiger partial charge >= 0.3 is 22.2 Å². The molecule has 5 aliphatic rings. The van der Waals surface area contributed by atoms with E-state index in [2.05, 4.69) is 11.6 Å². The van der Waals surface area contributed by atoms with Crippen LogP contribution in [0.5, 0.6) is 0 Å². The van der Waals surface area contributed by atoms with Crippen LogP contribution in [0.15, 0.2) is 0 Å². The molecule has 1 saturated heterocycles. The zero-order valence-electron chi connectivity index (χ0n) is 21.0. The second-order valence-corrected chi connectivity index (χ2v) is 13.3. The second-order valence-electron chi connectivity index (χ2n) is 11.9. The molecule has 9 nitrogen and oxygen atoms in total. The van der Waals surface area contributed by atoms with Crippen LogP contribution in [-0.4, -0.2) is 50.5 Å². The lowest BCUT2D eigenvalue weighted by Crippen LogP contribution is -2.73. The van der Waals surface area contributed by atoms with Crippen LogP contribution >= 0.6 is 0 Å². The highest BCUT2D eigenvalue weighted by Gasteiger charge is 2.73. The molecule has 9 atom stereocenters. The Morgan fingerprint density at radius 1 is 0.971 bits per heavy atom. The lowest BCUT2D eigenvalue weighted by atomic mass is 9.41. The lowest BCUT2D eigenvalue weighted by Gasteiger charge is -2.66. The van der Waals surface area contributed by atoms with Crippen molar-refractivity contribution in [2.24, 2.45) is 34.5 Å². The standard InChI is InChI=1S/C25H37NO8S/c1-14(27)19-5-6-20-18-11-22-25(34-16(3)29)12-17(33-15(2)28)7-10-24(25,13-32-35(30,31)26-22)21(18)8-9-23(19,20)4/h17-22,26H,5-13H2,1-4H3/t17?,18?,19?,20?,21?,22-,23?,24?,25?/m0/s1. The van der Waals surface area contributed by atoms with Gasteiger partial charge in [-0.3, -0.25) is 18.6 Å². The van der Waals surface area contributed by atoms with Gasteiger partial charge in [0, 0.05) is 31.6 Å². The van der Waals surface area contributed by atoms with Crippen LogP contribution in [0, 0.1) is 34.5 Å². The number of ether oxygens (including phenoxy) is 2. The van der Waals surface area contributed by atoms with E-state index in [1.54, 1.807) is 6.92 Å². The van der Waals surface area contributed by atoms with Crippen molar-refractivity contribution in [2.75, 3.05) is 6.61 Å². The number of fused-ring (bicyclic) bond motifs is 3. The normalized spacial score (nSPS) is 47.9. The van der Waals surface area contributed by atoms with Crippen molar-refractivity contribution in [1.29, 1.82) is 0 Å². The molecule has 0 amide bonds. The maximum atomic E-state index is 12.9. The first-order valence-electron chi connectivity index (χ1n) is 12.9. The predicted octanol–water partition coefficient (Wildman–Crippen LogP) is 2.67. The molecule has 5 rings (SSSR count). The Kier molecular flexibility index (Phi) is 5.92. The minimum Gasteiger partial charge on any atom is -0.462 e. The molecule has 196 valence electrons. The molecule has 0 spiro atoms. The van der Waals surface area contributed by atoms with Gasteiger partial charge < -0.3 is 9.47 Å². The molecule has 2 bridgehead atoms. The molecular formula is C25H37NO8S. The third kappa shape index (κ3) is 3.69. The monoisotopic (exact) mass is 511 g/mol. The van der Waals surface area contributed by atoms with Crippen LogP contribution < -0.4 is 4.72 Å². The molecule has 1 N–H and O–H groups in total. The highest BCUT2D eigenvalue weighted by atomic mass is 32.2. The van der Waals surface area contributed by atoms with Crippen molar-refractivity contribution in [1.82, 2.24) is 4.72 Å². The van der Waals surface area contributed by atoms with Crippen molar-refractivity contribution in [3.8, 4) is 0 Å². The summed E-state index contributed by atoms with van der Waals surface area (Å²) in [6.07, 6.45) is 4.86. The van der Waals surface area contributed by atoms with Crippen molar-refractivity contribution in [2.45, 2.75) is 96.8 Å². The van der Waals surface area contributed by atoms with Gasteiger partial charge in [0.05, 0.1) is 12.6 Å². The summed E-state index contributed by atoms with van der Waals surface area (Å²) >= 11 is 0. The van der Waals surface area contributed by atoms with Crippen molar-refractivity contribution < 1.29 is 36.5 Å². The van der Waals surface area contributed by atoms with E-state index in [1.807, 2.05) is 0 Å². The average molecular weight is 512 g/mol. The maximum Gasteiger partial charge on any atom is 0.336 e. The largest absolute Gasteiger partial charge is 0.462 e. The van der Waals surface area contributed by atoms with E-state index >= 15 is 0 Å². The summed E-state index contributed by atoms with van der Waals surface area (Å²) in [6, 6.07) is -0.697. The van der Waals surface area contributed by atoms with E-state index < -0.39 is 45.4 Å². The molecule has 1 heterocycles. The van der Waals surface area contributed by atoms with Gasteiger partial charge in [-0.25, -0.2) is 0 Å². The van der Waals surface area contributed by atoms with Crippen molar-refractivity contribution in [3.63, 3.8) is 0 Å². The van der Waals surface area contributed by atoms with Crippen LogP contribution in [0.4, 0.5) is 0 Å². The van der Waals surface area contributed by atoms with E-state index in [4.69, 9.17) is 13.7 Å². The number of hydrogen-bond donors (Lipinski definition) is 1. The second kappa shape index (κ2) is 8.25. The minimum atomic E-state index is -4.06. The van der Waals surface area contributed by atoms with Gasteiger partial charge in [0.25, 0.3) is 0 Å². The third-order valence-corrected chi connectivity index (χ3v) is 11.4. The van der Waals surface area contributed by atoms with Crippen LogP contribution in [0.2, 0.25) is 0 Å². The van der Waals surface area contributed by atoms with Crippen LogP contribution in [0.3, 0.4) is 0 Å². The molecule has 35 heavy (non-hydrogen) atoms. The Labute approximate surface area is 207 Å². The fraction of sp³-hybridized carbons (Fsp3) is 0.880. The van der Waals surface area contributed by atoms with Gasteiger partial charge in [-0.1, -0.05) is 6.92 Å². The Bertz CT molecular complexity index is 1040. The first kappa shape index (κ1) is 25.1. The Morgan fingerprint density at radius 2 is 1.71 bits per heavy atom. The van der Waals surface area contributed by atoms with E-state index in [-0.39, 0.29) is 42.0 Å². The molecular weight excluding hydrogens is 474 g/mol. The Balaban J connectivity index is 1.62. The molecule has 0 radical (unpaired) electrons. The number of ketones is 1. The smallest absolute Gasteiger partial charge is 0.336 e. The summed E-state index contributed by atoms with van der Waals surface area (Å²) < 4.78 is 45.8. The zero-order chi connectivity index (χ0) is 25.4. The van der Waals surface area contributed by atoms with Gasteiger partial charge in [-0.2, -0.15) is 13.1 Å². The highest BCUT2D eigenvalue weighted by Crippen LogP contribution is 2.70.